The van der Waals surface area contributed by atoms with Crippen molar-refractivity contribution in [2.45, 2.75) is 9.79 Å². The Kier molecular flexibility index (Phi) is 4.35. The van der Waals surface area contributed by atoms with E-state index in [1.54, 1.807) is 19.2 Å². The van der Waals surface area contributed by atoms with Gasteiger partial charge in [0, 0.05) is 20.4 Å². The third kappa shape index (κ3) is 3.43. The van der Waals surface area contributed by atoms with Crippen LogP contribution in [0.15, 0.2) is 52.3 Å². The summed E-state index contributed by atoms with van der Waals surface area (Å²) in [4.78, 5) is 1.91. The summed E-state index contributed by atoms with van der Waals surface area (Å²) in [5.74, 6) is 0.802. The predicted molar refractivity (Wildman–Crippen MR) is 79.6 cm³/mol. The summed E-state index contributed by atoms with van der Waals surface area (Å²) in [6.45, 7) is 0. The van der Waals surface area contributed by atoms with Crippen molar-refractivity contribution in [1.29, 1.82) is 5.41 Å². The molecule has 19 heavy (non-hydrogen) atoms. The Morgan fingerprint density at radius 3 is 2.74 bits per heavy atom. The van der Waals surface area contributed by atoms with Gasteiger partial charge >= 0.3 is 0 Å². The summed E-state index contributed by atoms with van der Waals surface area (Å²) in [5, 5.41) is 8.17. The van der Waals surface area contributed by atoms with E-state index < -0.39 is 0 Å². The number of rotatable bonds is 4. The van der Waals surface area contributed by atoms with Gasteiger partial charge in [0.15, 0.2) is 0 Å². The van der Waals surface area contributed by atoms with Crippen LogP contribution in [0.4, 0.5) is 0 Å². The smallest absolute Gasteiger partial charge is 0.123 e. The summed E-state index contributed by atoms with van der Waals surface area (Å²) >= 11 is 7.45. The molecule has 0 heterocycles. The van der Waals surface area contributed by atoms with Gasteiger partial charge < -0.3 is 10.5 Å². The molecule has 0 spiro atoms. The fraction of sp³-hybridized carbons (Fsp3) is 0.0714. The van der Waals surface area contributed by atoms with Gasteiger partial charge in [0.05, 0.1) is 7.11 Å². The molecule has 0 saturated carbocycles. The monoisotopic (exact) mass is 292 g/mol. The number of hydrogen-bond donors (Lipinski definition) is 2. The summed E-state index contributed by atoms with van der Waals surface area (Å²) in [6.07, 6.45) is 0. The number of methoxy groups -OCH3 is 1. The lowest BCUT2D eigenvalue weighted by molar-refractivity contribution is 0.413. The number of halogens is 1. The minimum atomic E-state index is 0.00731. The van der Waals surface area contributed by atoms with E-state index in [4.69, 9.17) is 27.5 Å². The minimum Gasteiger partial charge on any atom is -0.497 e. The number of nitrogens with two attached hydrogens (primary N) is 1. The second-order valence-electron chi connectivity index (χ2n) is 3.84. The van der Waals surface area contributed by atoms with Crippen molar-refractivity contribution in [2.24, 2.45) is 5.73 Å². The topological polar surface area (TPSA) is 59.1 Å². The molecule has 0 amide bonds. The zero-order valence-corrected chi connectivity index (χ0v) is 11.9. The molecule has 2 aromatic carbocycles. The van der Waals surface area contributed by atoms with Crippen molar-refractivity contribution in [2.75, 3.05) is 7.11 Å². The fourth-order valence-corrected chi connectivity index (χ4v) is 2.76. The molecule has 0 atom stereocenters. The molecular weight excluding hydrogens is 280 g/mol. The molecule has 0 saturated heterocycles. The molecule has 5 heteroatoms. The van der Waals surface area contributed by atoms with E-state index in [0.717, 1.165) is 15.5 Å². The SMILES string of the molecule is COc1cccc(Sc2ccc(Cl)cc2C(=N)N)c1. The fourth-order valence-electron chi connectivity index (χ4n) is 1.59. The van der Waals surface area contributed by atoms with Gasteiger partial charge in [-0.3, -0.25) is 5.41 Å². The van der Waals surface area contributed by atoms with E-state index >= 15 is 0 Å². The van der Waals surface area contributed by atoms with Gasteiger partial charge in [0.25, 0.3) is 0 Å². The first-order valence-electron chi connectivity index (χ1n) is 5.56. The molecule has 98 valence electrons. The third-order valence-corrected chi connectivity index (χ3v) is 3.80. The van der Waals surface area contributed by atoms with Gasteiger partial charge in [-0.1, -0.05) is 29.4 Å². The number of nitrogens with one attached hydrogen (secondary N) is 1. The molecule has 2 aromatic rings. The van der Waals surface area contributed by atoms with Crippen molar-refractivity contribution in [3.05, 3.63) is 53.1 Å². The predicted octanol–water partition coefficient (Wildman–Crippen LogP) is 3.78. The Bertz CT molecular complexity index is 616. The highest BCUT2D eigenvalue weighted by Gasteiger charge is 2.08. The lowest BCUT2D eigenvalue weighted by atomic mass is 10.2. The molecule has 2 rings (SSSR count). The van der Waals surface area contributed by atoms with Gasteiger partial charge in [0.2, 0.25) is 0 Å². The molecular formula is C14H13ClN2OS. The van der Waals surface area contributed by atoms with Crippen LogP contribution in [0.5, 0.6) is 5.75 Å². The molecule has 0 aliphatic rings. The van der Waals surface area contributed by atoms with E-state index in [0.29, 0.717) is 10.6 Å². The number of hydrogen-bond acceptors (Lipinski definition) is 3. The number of benzene rings is 2. The van der Waals surface area contributed by atoms with Crippen LogP contribution in [0.1, 0.15) is 5.56 Å². The van der Waals surface area contributed by atoms with Crippen molar-refractivity contribution < 1.29 is 4.74 Å². The lowest BCUT2D eigenvalue weighted by Gasteiger charge is -2.09. The van der Waals surface area contributed by atoms with Crippen LogP contribution in [0.25, 0.3) is 0 Å². The van der Waals surface area contributed by atoms with Crippen molar-refractivity contribution in [3.63, 3.8) is 0 Å². The molecule has 0 bridgehead atoms. The van der Waals surface area contributed by atoms with E-state index in [-0.39, 0.29) is 5.84 Å². The summed E-state index contributed by atoms with van der Waals surface area (Å²) in [6, 6.07) is 13.1. The molecule has 0 unspecified atom stereocenters. The van der Waals surface area contributed by atoms with Gasteiger partial charge in [-0.2, -0.15) is 0 Å². The quantitative estimate of drug-likeness (QED) is 0.666. The maximum absolute atomic E-state index is 7.60. The highest BCUT2D eigenvalue weighted by molar-refractivity contribution is 7.99. The number of amidine groups is 1. The summed E-state index contributed by atoms with van der Waals surface area (Å²) in [5.41, 5.74) is 6.22. The summed E-state index contributed by atoms with van der Waals surface area (Å²) < 4.78 is 5.19. The maximum atomic E-state index is 7.60. The van der Waals surface area contributed by atoms with E-state index in [1.165, 1.54) is 11.8 Å². The molecule has 3 nitrogen and oxygen atoms in total. The average molecular weight is 293 g/mol. The standard InChI is InChI=1S/C14H13ClN2OS/c1-18-10-3-2-4-11(8-10)19-13-6-5-9(15)7-12(13)14(16)17/h2-8H,1H3,(H3,16,17). The summed E-state index contributed by atoms with van der Waals surface area (Å²) in [7, 11) is 1.63. The van der Waals surface area contributed by atoms with Crippen molar-refractivity contribution >= 4 is 29.2 Å². The zero-order valence-electron chi connectivity index (χ0n) is 10.3. The molecule has 0 radical (unpaired) electrons. The van der Waals surface area contributed by atoms with Crippen molar-refractivity contribution in [1.82, 2.24) is 0 Å². The van der Waals surface area contributed by atoms with Crippen LogP contribution in [0, 0.1) is 5.41 Å². The Balaban J connectivity index is 2.34. The highest BCUT2D eigenvalue weighted by atomic mass is 35.5. The van der Waals surface area contributed by atoms with E-state index in [9.17, 15) is 0 Å². The Morgan fingerprint density at radius 1 is 1.26 bits per heavy atom. The first-order chi connectivity index (χ1) is 9.10. The van der Waals surface area contributed by atoms with E-state index in [1.807, 2.05) is 30.3 Å². The molecule has 0 aromatic heterocycles. The molecule has 0 aliphatic carbocycles. The molecule has 0 aliphatic heterocycles. The number of nitrogen functional groups attached to an aromatic ring is 1. The first kappa shape index (κ1) is 13.8. The first-order valence-corrected chi connectivity index (χ1v) is 6.75. The van der Waals surface area contributed by atoms with Crippen LogP contribution < -0.4 is 10.5 Å². The van der Waals surface area contributed by atoms with Crippen LogP contribution in [-0.2, 0) is 0 Å². The second-order valence-corrected chi connectivity index (χ2v) is 5.39. The lowest BCUT2D eigenvalue weighted by Crippen LogP contribution is -2.12. The van der Waals surface area contributed by atoms with Crippen LogP contribution in [0.2, 0.25) is 5.02 Å². The van der Waals surface area contributed by atoms with Crippen molar-refractivity contribution in [3.8, 4) is 5.75 Å². The Hall–Kier alpha value is -1.65. The van der Waals surface area contributed by atoms with Gasteiger partial charge in [-0.25, -0.2) is 0 Å². The largest absolute Gasteiger partial charge is 0.497 e. The highest BCUT2D eigenvalue weighted by Crippen LogP contribution is 2.33. The Labute approximate surface area is 121 Å². The minimum absolute atomic E-state index is 0.00731. The zero-order chi connectivity index (χ0) is 13.8. The van der Waals surface area contributed by atoms with Gasteiger partial charge in [0.1, 0.15) is 11.6 Å². The number of ether oxygens (including phenoxy) is 1. The normalized spacial score (nSPS) is 10.2. The molecule has 3 N–H and O–H groups in total. The van der Waals surface area contributed by atoms with Gasteiger partial charge in [-0.05, 0) is 36.4 Å². The maximum Gasteiger partial charge on any atom is 0.123 e. The average Bonchev–Trinajstić information content (AvgIpc) is 2.41. The third-order valence-electron chi connectivity index (χ3n) is 2.50. The Morgan fingerprint density at radius 2 is 2.05 bits per heavy atom. The van der Waals surface area contributed by atoms with E-state index in [2.05, 4.69) is 0 Å². The van der Waals surface area contributed by atoms with Crippen LogP contribution in [-0.4, -0.2) is 12.9 Å². The van der Waals surface area contributed by atoms with Crippen LogP contribution in [0.3, 0.4) is 0 Å². The van der Waals surface area contributed by atoms with Gasteiger partial charge in [-0.15, -0.1) is 0 Å². The second kappa shape index (κ2) is 5.99. The van der Waals surface area contributed by atoms with Crippen LogP contribution >= 0.6 is 23.4 Å². The molecule has 0 fully saturated rings.